The van der Waals surface area contributed by atoms with E-state index < -0.39 is 7.60 Å². The number of hydrogen-bond acceptors (Lipinski definition) is 4. The third-order valence-corrected chi connectivity index (χ3v) is 5.69. The predicted octanol–water partition coefficient (Wildman–Crippen LogP) is 3.55. The Kier molecular flexibility index (Phi) is 7.47. The van der Waals surface area contributed by atoms with Gasteiger partial charge in [0.25, 0.3) is 0 Å². The molecule has 0 saturated heterocycles. The van der Waals surface area contributed by atoms with Gasteiger partial charge >= 0.3 is 7.60 Å². The molecule has 0 aromatic carbocycles. The van der Waals surface area contributed by atoms with Crippen molar-refractivity contribution in [1.82, 2.24) is 0 Å². The Hall–Kier alpha value is 0.110. The van der Waals surface area contributed by atoms with Gasteiger partial charge in [-0.05, 0) is 26.2 Å². The molecule has 18 heavy (non-hydrogen) atoms. The Bertz CT molecular complexity index is 257. The zero-order valence-corrected chi connectivity index (χ0v) is 12.7. The van der Waals surface area contributed by atoms with Crippen molar-refractivity contribution < 1.29 is 13.6 Å². The van der Waals surface area contributed by atoms with Crippen molar-refractivity contribution >= 4 is 7.60 Å². The van der Waals surface area contributed by atoms with Gasteiger partial charge in [-0.3, -0.25) is 4.57 Å². The first-order chi connectivity index (χ1) is 8.59. The molecule has 0 radical (unpaired) electrons. The second-order valence-electron chi connectivity index (χ2n) is 5.13. The fourth-order valence-electron chi connectivity index (χ4n) is 2.75. The van der Waals surface area contributed by atoms with Gasteiger partial charge in [0.05, 0.1) is 19.4 Å². The van der Waals surface area contributed by atoms with Gasteiger partial charge in [-0.15, -0.1) is 0 Å². The molecule has 1 rings (SSSR count). The summed E-state index contributed by atoms with van der Waals surface area (Å²) in [5, 5.41) is 0. The zero-order valence-electron chi connectivity index (χ0n) is 11.8. The minimum Gasteiger partial charge on any atom is -0.327 e. The number of nitrogens with two attached hydrogens (primary N) is 1. The quantitative estimate of drug-likeness (QED) is 0.689. The maximum Gasteiger partial charge on any atom is 0.332 e. The van der Waals surface area contributed by atoms with E-state index in [2.05, 4.69) is 0 Å². The molecule has 1 aliphatic rings. The molecule has 2 N–H and O–H groups in total. The first-order valence-electron chi connectivity index (χ1n) is 7.23. The minimum absolute atomic E-state index is 0.0722. The first-order valence-corrected chi connectivity index (χ1v) is 8.96. The molecule has 0 aromatic heterocycles. The Morgan fingerprint density at radius 3 is 2.22 bits per heavy atom. The highest BCUT2D eigenvalue weighted by molar-refractivity contribution is 7.53. The van der Waals surface area contributed by atoms with Crippen LogP contribution in [0.5, 0.6) is 0 Å². The number of hydrogen-bond donors (Lipinski definition) is 1. The van der Waals surface area contributed by atoms with E-state index in [9.17, 15) is 4.57 Å². The minimum atomic E-state index is -2.97. The molecule has 0 aromatic rings. The normalized spacial score (nSPS) is 19.9. The molecule has 108 valence electrons. The molecule has 0 aliphatic heterocycles. The summed E-state index contributed by atoms with van der Waals surface area (Å²) < 4.78 is 22.9. The van der Waals surface area contributed by atoms with Crippen molar-refractivity contribution in [3.05, 3.63) is 0 Å². The molecule has 5 heteroatoms. The standard InChI is InChI=1S/C13H28NO3P/c1-3-16-18(15,17-4-2)11-13(14)10-12-8-6-5-7-9-12/h12-13H,3-11,14H2,1-2H3. The van der Waals surface area contributed by atoms with Crippen LogP contribution in [0, 0.1) is 5.92 Å². The summed E-state index contributed by atoms with van der Waals surface area (Å²) in [4.78, 5) is 0. The lowest BCUT2D eigenvalue weighted by Crippen LogP contribution is -2.29. The molecule has 0 spiro atoms. The average molecular weight is 277 g/mol. The Labute approximate surface area is 111 Å². The van der Waals surface area contributed by atoms with Gasteiger partial charge in [-0.1, -0.05) is 32.1 Å². The lowest BCUT2D eigenvalue weighted by molar-refractivity contribution is 0.216. The maximum atomic E-state index is 12.3. The summed E-state index contributed by atoms with van der Waals surface area (Å²) in [7, 11) is -2.97. The van der Waals surface area contributed by atoms with Crippen LogP contribution in [-0.2, 0) is 13.6 Å². The molecule has 1 saturated carbocycles. The molecule has 0 heterocycles. The van der Waals surface area contributed by atoms with Crippen LogP contribution in [0.1, 0.15) is 52.4 Å². The lowest BCUT2D eigenvalue weighted by atomic mass is 9.85. The van der Waals surface area contributed by atoms with Gasteiger partial charge in [-0.25, -0.2) is 0 Å². The Morgan fingerprint density at radius 2 is 1.72 bits per heavy atom. The highest BCUT2D eigenvalue weighted by atomic mass is 31.2. The van der Waals surface area contributed by atoms with Crippen molar-refractivity contribution in [2.24, 2.45) is 11.7 Å². The van der Waals surface area contributed by atoms with Gasteiger partial charge in [0.1, 0.15) is 0 Å². The van der Waals surface area contributed by atoms with E-state index in [4.69, 9.17) is 14.8 Å². The summed E-state index contributed by atoms with van der Waals surface area (Å²) >= 11 is 0. The zero-order chi connectivity index (χ0) is 13.4. The van der Waals surface area contributed by atoms with Crippen LogP contribution in [-0.4, -0.2) is 25.4 Å². The van der Waals surface area contributed by atoms with Crippen LogP contribution >= 0.6 is 7.60 Å². The third kappa shape index (κ3) is 5.83. The van der Waals surface area contributed by atoms with Crippen LogP contribution in [0.15, 0.2) is 0 Å². The van der Waals surface area contributed by atoms with E-state index in [1.165, 1.54) is 32.1 Å². The largest absolute Gasteiger partial charge is 0.332 e. The molecule has 0 amide bonds. The Morgan fingerprint density at radius 1 is 1.17 bits per heavy atom. The van der Waals surface area contributed by atoms with Crippen molar-refractivity contribution in [3.8, 4) is 0 Å². The molecular weight excluding hydrogens is 249 g/mol. The maximum absolute atomic E-state index is 12.3. The van der Waals surface area contributed by atoms with Gasteiger partial charge in [0.15, 0.2) is 0 Å². The Balaban J connectivity index is 2.39. The fourth-order valence-corrected chi connectivity index (χ4v) is 4.54. The molecule has 1 unspecified atom stereocenters. The van der Waals surface area contributed by atoms with Gasteiger partial charge in [-0.2, -0.15) is 0 Å². The average Bonchev–Trinajstić information content (AvgIpc) is 2.30. The summed E-state index contributed by atoms with van der Waals surface area (Å²) in [5.74, 6) is 0.699. The van der Waals surface area contributed by atoms with Crippen molar-refractivity contribution in [1.29, 1.82) is 0 Å². The molecule has 1 atom stereocenters. The van der Waals surface area contributed by atoms with E-state index in [-0.39, 0.29) is 6.04 Å². The summed E-state index contributed by atoms with van der Waals surface area (Å²) in [5.41, 5.74) is 6.12. The SMILES string of the molecule is CCOP(=O)(CC(N)CC1CCCCC1)OCC. The summed E-state index contributed by atoms with van der Waals surface area (Å²) in [6.45, 7) is 4.48. The van der Waals surface area contributed by atoms with Crippen LogP contribution in [0.25, 0.3) is 0 Å². The highest BCUT2D eigenvalue weighted by Gasteiger charge is 2.28. The van der Waals surface area contributed by atoms with Crippen LogP contribution < -0.4 is 5.73 Å². The van der Waals surface area contributed by atoms with Crippen LogP contribution in [0.2, 0.25) is 0 Å². The molecule has 1 fully saturated rings. The van der Waals surface area contributed by atoms with Crippen molar-refractivity contribution in [3.63, 3.8) is 0 Å². The fraction of sp³-hybridized carbons (Fsp3) is 1.00. The van der Waals surface area contributed by atoms with Crippen molar-refractivity contribution in [2.45, 2.75) is 58.4 Å². The lowest BCUT2D eigenvalue weighted by Gasteiger charge is -2.26. The highest BCUT2D eigenvalue weighted by Crippen LogP contribution is 2.48. The molecule has 1 aliphatic carbocycles. The van der Waals surface area contributed by atoms with E-state index in [1.54, 1.807) is 0 Å². The van der Waals surface area contributed by atoms with E-state index in [0.717, 1.165) is 6.42 Å². The van der Waals surface area contributed by atoms with E-state index in [1.807, 2.05) is 13.8 Å². The molecule has 4 nitrogen and oxygen atoms in total. The van der Waals surface area contributed by atoms with E-state index >= 15 is 0 Å². The monoisotopic (exact) mass is 277 g/mol. The third-order valence-electron chi connectivity index (χ3n) is 3.47. The van der Waals surface area contributed by atoms with Crippen molar-refractivity contribution in [2.75, 3.05) is 19.4 Å². The van der Waals surface area contributed by atoms with Crippen LogP contribution in [0.4, 0.5) is 0 Å². The predicted molar refractivity (Wildman–Crippen MR) is 74.9 cm³/mol. The van der Waals surface area contributed by atoms with Crippen LogP contribution in [0.3, 0.4) is 0 Å². The summed E-state index contributed by atoms with van der Waals surface area (Å²) in [6, 6.07) is -0.0722. The van der Waals surface area contributed by atoms with Gasteiger partial charge in [0.2, 0.25) is 0 Å². The smallest absolute Gasteiger partial charge is 0.327 e. The molecular formula is C13H28NO3P. The topological polar surface area (TPSA) is 61.5 Å². The second kappa shape index (κ2) is 8.31. The first kappa shape index (κ1) is 16.2. The molecule has 0 bridgehead atoms. The van der Waals surface area contributed by atoms with Gasteiger partial charge < -0.3 is 14.8 Å². The number of rotatable bonds is 8. The second-order valence-corrected chi connectivity index (χ2v) is 7.23. The summed E-state index contributed by atoms with van der Waals surface area (Å²) in [6.07, 6.45) is 7.80. The van der Waals surface area contributed by atoms with E-state index in [0.29, 0.717) is 25.3 Å². The van der Waals surface area contributed by atoms with Gasteiger partial charge in [0, 0.05) is 6.04 Å².